The van der Waals surface area contributed by atoms with Gasteiger partial charge in [-0.05, 0) is 25.7 Å². The van der Waals surface area contributed by atoms with Crippen molar-refractivity contribution in [2.24, 2.45) is 0 Å². The molecule has 1 aromatic carbocycles. The Labute approximate surface area is 112 Å². The van der Waals surface area contributed by atoms with E-state index in [0.29, 0.717) is 5.69 Å². The van der Waals surface area contributed by atoms with Crippen LogP contribution < -0.4 is 4.90 Å². The molecule has 1 aromatic rings. The first-order valence-electron chi connectivity index (χ1n) is 5.65. The van der Waals surface area contributed by atoms with Crippen molar-refractivity contribution in [3.63, 3.8) is 0 Å². The summed E-state index contributed by atoms with van der Waals surface area (Å²) in [6.07, 6.45) is 0. The van der Waals surface area contributed by atoms with Gasteiger partial charge in [-0.15, -0.1) is 11.6 Å². The van der Waals surface area contributed by atoms with Gasteiger partial charge in [0.1, 0.15) is 5.69 Å². The van der Waals surface area contributed by atoms with E-state index >= 15 is 0 Å². The molecule has 0 bridgehead atoms. The van der Waals surface area contributed by atoms with Gasteiger partial charge in [0.15, 0.2) is 0 Å². The minimum Gasteiger partial charge on any atom is -0.368 e. The second-order valence-corrected chi connectivity index (χ2v) is 4.71. The van der Waals surface area contributed by atoms with Crippen LogP contribution in [0.2, 0.25) is 0 Å². The number of nitro benzene ring substituents is 1. The van der Waals surface area contributed by atoms with Gasteiger partial charge in [-0.2, -0.15) is 0 Å². The van der Waals surface area contributed by atoms with Crippen LogP contribution in [0.3, 0.4) is 0 Å². The molecule has 1 rings (SSSR count). The highest BCUT2D eigenvalue weighted by Crippen LogP contribution is 2.28. The number of nitro groups is 1. The molecule has 0 saturated heterocycles. The monoisotopic (exact) mass is 271 g/mol. The molecule has 0 spiro atoms. The molecule has 0 radical (unpaired) electrons. The summed E-state index contributed by atoms with van der Waals surface area (Å²) in [4.78, 5) is 14.6. The minimum atomic E-state index is -0.364. The lowest BCUT2D eigenvalue weighted by atomic mass is 10.2. The number of halogens is 1. The van der Waals surface area contributed by atoms with E-state index < -0.39 is 0 Å². The fourth-order valence-corrected chi connectivity index (χ4v) is 1.76. The average Bonchev–Trinajstić information content (AvgIpc) is 2.34. The van der Waals surface area contributed by atoms with Crippen molar-refractivity contribution in [2.75, 3.05) is 39.1 Å². The first-order valence-corrected chi connectivity index (χ1v) is 6.18. The van der Waals surface area contributed by atoms with Crippen LogP contribution in [0, 0.1) is 10.1 Å². The lowest BCUT2D eigenvalue weighted by molar-refractivity contribution is -0.384. The van der Waals surface area contributed by atoms with Gasteiger partial charge < -0.3 is 9.80 Å². The molecule has 0 heterocycles. The molecule has 0 unspecified atom stereocenters. The van der Waals surface area contributed by atoms with Crippen molar-refractivity contribution in [2.45, 2.75) is 5.88 Å². The molecule has 100 valence electrons. The Balaban J connectivity index is 2.96. The highest BCUT2D eigenvalue weighted by molar-refractivity contribution is 6.17. The molecule has 0 atom stereocenters. The number of alkyl halides is 1. The summed E-state index contributed by atoms with van der Waals surface area (Å²) in [6.45, 7) is 1.57. The third-order valence-electron chi connectivity index (χ3n) is 2.68. The zero-order valence-electron chi connectivity index (χ0n) is 10.9. The maximum absolute atomic E-state index is 11.1. The zero-order valence-corrected chi connectivity index (χ0v) is 11.6. The standard InChI is InChI=1S/C12H18ClN3O2/c1-14(2)6-7-15(3)11-5-4-10(9-13)8-12(11)16(17)18/h4-5,8H,6-7,9H2,1-3H3. The molecule has 0 amide bonds. The Morgan fingerprint density at radius 3 is 2.44 bits per heavy atom. The van der Waals surface area contributed by atoms with Gasteiger partial charge in [0.25, 0.3) is 5.69 Å². The maximum Gasteiger partial charge on any atom is 0.292 e. The van der Waals surface area contributed by atoms with Crippen LogP contribution in [-0.4, -0.2) is 44.1 Å². The van der Waals surface area contributed by atoms with Crippen LogP contribution in [0.1, 0.15) is 5.56 Å². The molecule has 0 aliphatic carbocycles. The number of hydrogen-bond donors (Lipinski definition) is 0. The van der Waals surface area contributed by atoms with Crippen LogP contribution in [0.5, 0.6) is 0 Å². The third kappa shape index (κ3) is 3.85. The predicted molar refractivity (Wildman–Crippen MR) is 74.5 cm³/mol. The van der Waals surface area contributed by atoms with E-state index in [9.17, 15) is 10.1 Å². The summed E-state index contributed by atoms with van der Waals surface area (Å²) >= 11 is 5.70. The molecule has 0 fully saturated rings. The average molecular weight is 272 g/mol. The molecule has 0 aromatic heterocycles. The summed E-state index contributed by atoms with van der Waals surface area (Å²) in [5, 5.41) is 11.1. The molecular weight excluding hydrogens is 254 g/mol. The maximum atomic E-state index is 11.1. The fourth-order valence-electron chi connectivity index (χ4n) is 1.59. The van der Waals surface area contributed by atoms with E-state index in [1.54, 1.807) is 6.07 Å². The van der Waals surface area contributed by atoms with E-state index in [-0.39, 0.29) is 16.5 Å². The van der Waals surface area contributed by atoms with Gasteiger partial charge in [-0.3, -0.25) is 10.1 Å². The van der Waals surface area contributed by atoms with E-state index in [1.807, 2.05) is 37.0 Å². The summed E-state index contributed by atoms with van der Waals surface area (Å²) in [5.41, 5.74) is 1.48. The molecule has 6 heteroatoms. The Hall–Kier alpha value is -1.33. The number of anilines is 1. The Bertz CT molecular complexity index is 424. The highest BCUT2D eigenvalue weighted by atomic mass is 35.5. The number of benzene rings is 1. The summed E-state index contributed by atoms with van der Waals surface area (Å²) < 4.78 is 0. The van der Waals surface area contributed by atoms with Crippen molar-refractivity contribution in [1.29, 1.82) is 0 Å². The van der Waals surface area contributed by atoms with E-state index in [2.05, 4.69) is 0 Å². The van der Waals surface area contributed by atoms with E-state index in [1.165, 1.54) is 6.07 Å². The normalized spacial score (nSPS) is 10.7. The van der Waals surface area contributed by atoms with Crippen molar-refractivity contribution in [1.82, 2.24) is 4.90 Å². The zero-order chi connectivity index (χ0) is 13.7. The lowest BCUT2D eigenvalue weighted by Crippen LogP contribution is -2.28. The molecule has 0 N–H and O–H groups in total. The van der Waals surface area contributed by atoms with Gasteiger partial charge in [0, 0.05) is 32.1 Å². The Morgan fingerprint density at radius 1 is 1.28 bits per heavy atom. The number of likely N-dealkylation sites (N-methyl/N-ethyl adjacent to an activating group) is 2. The molecule has 0 aliphatic heterocycles. The first kappa shape index (κ1) is 14.7. The van der Waals surface area contributed by atoms with Crippen LogP contribution in [0.25, 0.3) is 0 Å². The fraction of sp³-hybridized carbons (Fsp3) is 0.500. The topological polar surface area (TPSA) is 49.6 Å². The molecule has 0 aliphatic rings. The van der Waals surface area contributed by atoms with Crippen LogP contribution >= 0.6 is 11.6 Å². The summed E-state index contributed by atoms with van der Waals surface area (Å²) in [5.74, 6) is 0.280. The summed E-state index contributed by atoms with van der Waals surface area (Å²) in [7, 11) is 5.80. The molecular formula is C12H18ClN3O2. The van der Waals surface area contributed by atoms with Gasteiger partial charge in [-0.1, -0.05) is 6.07 Å². The molecule has 18 heavy (non-hydrogen) atoms. The summed E-state index contributed by atoms with van der Waals surface area (Å²) in [6, 6.07) is 5.11. The van der Waals surface area contributed by atoms with E-state index in [0.717, 1.165) is 18.7 Å². The third-order valence-corrected chi connectivity index (χ3v) is 2.99. The molecule has 5 nitrogen and oxygen atoms in total. The van der Waals surface area contributed by atoms with Gasteiger partial charge in [0.05, 0.1) is 4.92 Å². The number of nitrogens with zero attached hydrogens (tertiary/aromatic N) is 3. The number of rotatable bonds is 6. The number of hydrogen-bond acceptors (Lipinski definition) is 4. The van der Waals surface area contributed by atoms with Crippen molar-refractivity contribution < 1.29 is 4.92 Å². The SMILES string of the molecule is CN(C)CCN(C)c1ccc(CCl)cc1[N+](=O)[O-]. The largest absolute Gasteiger partial charge is 0.368 e. The minimum absolute atomic E-state index is 0.106. The van der Waals surface area contributed by atoms with Crippen LogP contribution in [0.4, 0.5) is 11.4 Å². The van der Waals surface area contributed by atoms with E-state index in [4.69, 9.17) is 11.6 Å². The predicted octanol–water partition coefficient (Wildman–Crippen LogP) is 2.33. The van der Waals surface area contributed by atoms with Gasteiger partial charge in [-0.25, -0.2) is 0 Å². The van der Waals surface area contributed by atoms with Gasteiger partial charge >= 0.3 is 0 Å². The smallest absolute Gasteiger partial charge is 0.292 e. The van der Waals surface area contributed by atoms with Crippen molar-refractivity contribution >= 4 is 23.0 Å². The Morgan fingerprint density at radius 2 is 1.94 bits per heavy atom. The Kier molecular flexibility index (Phi) is 5.37. The quantitative estimate of drug-likeness (QED) is 0.453. The molecule has 0 saturated carbocycles. The van der Waals surface area contributed by atoms with Crippen molar-refractivity contribution in [3.05, 3.63) is 33.9 Å². The second kappa shape index (κ2) is 6.56. The lowest BCUT2D eigenvalue weighted by Gasteiger charge is -2.21. The van der Waals surface area contributed by atoms with Crippen LogP contribution in [0.15, 0.2) is 18.2 Å². The van der Waals surface area contributed by atoms with Crippen molar-refractivity contribution in [3.8, 4) is 0 Å². The van der Waals surface area contributed by atoms with Gasteiger partial charge in [0.2, 0.25) is 0 Å². The second-order valence-electron chi connectivity index (χ2n) is 4.44. The first-order chi connectivity index (χ1) is 8.45. The highest BCUT2D eigenvalue weighted by Gasteiger charge is 2.17. The van der Waals surface area contributed by atoms with Crippen LogP contribution in [-0.2, 0) is 5.88 Å².